The van der Waals surface area contributed by atoms with Gasteiger partial charge in [-0.3, -0.25) is 0 Å². The number of hydrogen-bond donors (Lipinski definition) is 1. The van der Waals surface area contributed by atoms with Gasteiger partial charge in [0.1, 0.15) is 12.8 Å². The van der Waals surface area contributed by atoms with Crippen LogP contribution in [0, 0.1) is 0 Å². The largest absolute Gasteiger partial charge is 0.497 e. The summed E-state index contributed by atoms with van der Waals surface area (Å²) in [6.07, 6.45) is 6.62. The third-order valence-corrected chi connectivity index (χ3v) is 7.03. The van der Waals surface area contributed by atoms with Crippen LogP contribution in [0.4, 0.5) is 11.4 Å². The second-order valence-corrected chi connectivity index (χ2v) is 9.56. The van der Waals surface area contributed by atoms with Crippen LogP contribution >= 0.6 is 0 Å². The van der Waals surface area contributed by atoms with Gasteiger partial charge in [0.05, 0.1) is 19.1 Å². The van der Waals surface area contributed by atoms with Gasteiger partial charge in [0.25, 0.3) is 0 Å². The molecule has 2 aromatic rings. The van der Waals surface area contributed by atoms with Gasteiger partial charge in [-0.25, -0.2) is 0 Å². The maximum absolute atomic E-state index is 9.56. The van der Waals surface area contributed by atoms with E-state index >= 15 is 0 Å². The number of nitrogens with zero attached hydrogens (tertiary/aromatic N) is 2. The molecule has 2 aliphatic heterocycles. The van der Waals surface area contributed by atoms with Gasteiger partial charge < -0.3 is 14.7 Å². The number of hydrogen-bond acceptors (Lipinski definition) is 3. The van der Waals surface area contributed by atoms with E-state index in [4.69, 9.17) is 4.74 Å². The first-order valence-electron chi connectivity index (χ1n) is 10.8. The molecule has 4 nitrogen and oxygen atoms in total. The Kier molecular flexibility index (Phi) is 5.09. The Balaban J connectivity index is 1.69. The highest BCUT2D eigenvalue weighted by Crippen LogP contribution is 2.48. The van der Waals surface area contributed by atoms with Crippen LogP contribution in [-0.4, -0.2) is 36.6 Å². The molecule has 0 saturated carbocycles. The standard InChI is InChI=1S/C27H33N2O2/c1-26(2)20-15-18(17-30)11-13-22(20)28(5)24(26)9-8-10-25-27(3,4)21-16-19(31-7)12-14-23(21)29(25)6/h8-16,30H,17H2,1-7H3/q+1. The minimum Gasteiger partial charge on any atom is -0.497 e. The number of aliphatic hydroxyl groups is 1. The van der Waals surface area contributed by atoms with Gasteiger partial charge in [-0.1, -0.05) is 26.0 Å². The Labute approximate surface area is 185 Å². The first-order chi connectivity index (χ1) is 14.6. The van der Waals surface area contributed by atoms with Crippen molar-refractivity contribution in [2.75, 3.05) is 26.1 Å². The maximum Gasteiger partial charge on any atom is 0.209 e. The molecule has 162 valence electrons. The Morgan fingerprint density at radius 2 is 1.77 bits per heavy atom. The number of ether oxygens (including phenoxy) is 1. The number of aliphatic hydroxyl groups excluding tert-OH is 1. The average molecular weight is 418 g/mol. The normalized spacial score (nSPS) is 20.0. The molecule has 0 radical (unpaired) electrons. The van der Waals surface area contributed by atoms with E-state index in [1.54, 1.807) is 7.11 Å². The van der Waals surface area contributed by atoms with Gasteiger partial charge in [-0.2, -0.15) is 4.58 Å². The van der Waals surface area contributed by atoms with Crippen LogP contribution in [-0.2, 0) is 17.4 Å². The van der Waals surface area contributed by atoms with Gasteiger partial charge in [0.2, 0.25) is 5.69 Å². The summed E-state index contributed by atoms with van der Waals surface area (Å²) in [6.45, 7) is 9.09. The summed E-state index contributed by atoms with van der Waals surface area (Å²) in [7, 11) is 5.96. The van der Waals surface area contributed by atoms with Crippen molar-refractivity contribution < 1.29 is 14.4 Å². The number of methoxy groups -OCH3 is 1. The molecule has 4 heteroatoms. The molecule has 0 aliphatic carbocycles. The SMILES string of the molecule is COc1ccc2c(c1)C(C)(C)C(=CC=CC1=[N+](C)c3ccc(CO)cc3C1(C)C)N2C. The van der Waals surface area contributed by atoms with Crippen LogP contribution in [0.3, 0.4) is 0 Å². The lowest BCUT2D eigenvalue weighted by atomic mass is 9.80. The van der Waals surface area contributed by atoms with E-state index in [1.165, 1.54) is 33.9 Å². The lowest BCUT2D eigenvalue weighted by Gasteiger charge is -2.23. The highest BCUT2D eigenvalue weighted by molar-refractivity contribution is 6.03. The molecular weight excluding hydrogens is 384 g/mol. The van der Waals surface area contributed by atoms with E-state index in [0.29, 0.717) is 0 Å². The van der Waals surface area contributed by atoms with Crippen molar-refractivity contribution in [2.24, 2.45) is 0 Å². The topological polar surface area (TPSA) is 35.7 Å². The van der Waals surface area contributed by atoms with E-state index < -0.39 is 0 Å². The average Bonchev–Trinajstić information content (AvgIpc) is 3.06. The molecule has 0 amide bonds. The van der Waals surface area contributed by atoms with Crippen LogP contribution in [0.25, 0.3) is 0 Å². The molecule has 0 saturated heterocycles. The van der Waals surface area contributed by atoms with Crippen LogP contribution in [0.1, 0.15) is 44.4 Å². The van der Waals surface area contributed by atoms with E-state index in [2.05, 4.69) is 93.8 Å². The van der Waals surface area contributed by atoms with Crippen molar-refractivity contribution in [1.29, 1.82) is 0 Å². The van der Waals surface area contributed by atoms with Crippen molar-refractivity contribution in [3.05, 3.63) is 77.0 Å². The van der Waals surface area contributed by atoms with Gasteiger partial charge >= 0.3 is 0 Å². The predicted octanol–water partition coefficient (Wildman–Crippen LogP) is 5.06. The van der Waals surface area contributed by atoms with Crippen LogP contribution in [0.5, 0.6) is 5.75 Å². The third-order valence-electron chi connectivity index (χ3n) is 7.03. The number of anilines is 1. The highest BCUT2D eigenvalue weighted by atomic mass is 16.5. The number of fused-ring (bicyclic) bond motifs is 2. The number of benzene rings is 2. The van der Waals surface area contributed by atoms with Gasteiger partial charge in [0.15, 0.2) is 5.71 Å². The second kappa shape index (κ2) is 7.38. The lowest BCUT2D eigenvalue weighted by Crippen LogP contribution is -2.26. The Morgan fingerprint density at radius 1 is 1.03 bits per heavy atom. The van der Waals surface area contributed by atoms with E-state index in [0.717, 1.165) is 11.3 Å². The fourth-order valence-corrected chi connectivity index (χ4v) is 5.15. The zero-order valence-corrected chi connectivity index (χ0v) is 19.7. The van der Waals surface area contributed by atoms with Crippen LogP contribution in [0.15, 0.2) is 60.3 Å². The highest BCUT2D eigenvalue weighted by Gasteiger charge is 2.43. The zero-order chi connectivity index (χ0) is 22.6. The molecule has 0 fully saturated rings. The molecule has 4 rings (SSSR count). The monoisotopic (exact) mass is 417 g/mol. The smallest absolute Gasteiger partial charge is 0.209 e. The first-order valence-corrected chi connectivity index (χ1v) is 10.8. The summed E-state index contributed by atoms with van der Waals surface area (Å²) in [6, 6.07) is 12.5. The molecule has 2 aromatic carbocycles. The quantitative estimate of drug-likeness (QED) is 0.706. The zero-order valence-electron chi connectivity index (χ0n) is 19.7. The van der Waals surface area contributed by atoms with Gasteiger partial charge in [0, 0.05) is 41.6 Å². The molecule has 2 aliphatic rings. The number of allylic oxidation sites excluding steroid dienone is 4. The Hall–Kier alpha value is -2.85. The summed E-state index contributed by atoms with van der Waals surface area (Å²) in [5, 5.41) is 9.56. The predicted molar refractivity (Wildman–Crippen MR) is 128 cm³/mol. The third kappa shape index (κ3) is 3.21. The van der Waals surface area contributed by atoms with Crippen molar-refractivity contribution in [2.45, 2.75) is 45.1 Å². The maximum atomic E-state index is 9.56. The summed E-state index contributed by atoms with van der Waals surface area (Å²) >= 11 is 0. The summed E-state index contributed by atoms with van der Waals surface area (Å²) in [5.74, 6) is 0.891. The van der Waals surface area contributed by atoms with Crippen molar-refractivity contribution >= 4 is 17.1 Å². The van der Waals surface area contributed by atoms with E-state index in [1.807, 2.05) is 12.1 Å². The number of rotatable bonds is 4. The van der Waals surface area contributed by atoms with E-state index in [9.17, 15) is 5.11 Å². The minimum absolute atomic E-state index is 0.0666. The van der Waals surface area contributed by atoms with Crippen molar-refractivity contribution in [3.8, 4) is 5.75 Å². The molecule has 31 heavy (non-hydrogen) atoms. The van der Waals surface area contributed by atoms with Gasteiger partial charge in [-0.05, 0) is 55.3 Å². The molecule has 0 unspecified atom stereocenters. The van der Waals surface area contributed by atoms with E-state index in [-0.39, 0.29) is 17.4 Å². The van der Waals surface area contributed by atoms with Crippen molar-refractivity contribution in [3.63, 3.8) is 0 Å². The fraction of sp³-hybridized carbons (Fsp3) is 0.370. The summed E-state index contributed by atoms with van der Waals surface area (Å²) in [4.78, 5) is 2.27. The fourth-order valence-electron chi connectivity index (χ4n) is 5.15. The Morgan fingerprint density at radius 3 is 2.45 bits per heavy atom. The summed E-state index contributed by atoms with van der Waals surface area (Å²) < 4.78 is 7.72. The molecule has 0 spiro atoms. The molecule has 0 aromatic heterocycles. The Bertz CT molecular complexity index is 1140. The van der Waals surface area contributed by atoms with Crippen molar-refractivity contribution in [1.82, 2.24) is 0 Å². The molecule has 0 bridgehead atoms. The number of likely N-dealkylation sites (N-methyl/N-ethyl adjacent to an activating group) is 1. The van der Waals surface area contributed by atoms with Crippen LogP contribution < -0.4 is 9.64 Å². The molecule has 1 N–H and O–H groups in total. The van der Waals surface area contributed by atoms with Gasteiger partial charge in [-0.15, -0.1) is 0 Å². The second-order valence-electron chi connectivity index (χ2n) is 9.56. The molecular formula is C27H33N2O2+. The first kappa shape index (κ1) is 21.4. The van der Waals surface area contributed by atoms with Crippen LogP contribution in [0.2, 0.25) is 0 Å². The summed E-state index contributed by atoms with van der Waals surface area (Å²) in [5.41, 5.74) is 8.18. The molecule has 0 atom stereocenters. The minimum atomic E-state index is -0.127. The molecule has 2 heterocycles. The lowest BCUT2D eigenvalue weighted by molar-refractivity contribution is -0.401.